The number of hydrogen-bond acceptors (Lipinski definition) is 2. The fourth-order valence-electron chi connectivity index (χ4n) is 2.02. The third-order valence-electron chi connectivity index (χ3n) is 2.90. The van der Waals surface area contributed by atoms with Crippen LogP contribution < -0.4 is 4.74 Å². The Kier molecular flexibility index (Phi) is 4.62. The summed E-state index contributed by atoms with van der Waals surface area (Å²) in [5, 5.41) is 0. The van der Waals surface area contributed by atoms with Crippen molar-refractivity contribution in [2.45, 2.75) is 18.7 Å². The van der Waals surface area contributed by atoms with Crippen LogP contribution in [0.4, 0.5) is 39.5 Å². The Balaban J connectivity index is 2.56. The van der Waals surface area contributed by atoms with Crippen molar-refractivity contribution in [3.05, 3.63) is 47.7 Å². The van der Waals surface area contributed by atoms with E-state index in [1.807, 2.05) is 0 Å². The molecule has 0 aliphatic rings. The molecule has 11 heteroatoms. The van der Waals surface area contributed by atoms with Gasteiger partial charge >= 0.3 is 18.7 Å². The first-order valence-electron chi connectivity index (χ1n) is 6.28. The van der Waals surface area contributed by atoms with Gasteiger partial charge in [-0.3, -0.25) is 4.98 Å². The molecule has 2 aromatic rings. The number of halogens is 9. The fourth-order valence-corrected chi connectivity index (χ4v) is 2.02. The highest BCUT2D eigenvalue weighted by molar-refractivity contribution is 5.66. The highest BCUT2D eigenvalue weighted by Gasteiger charge is 2.45. The molecular formula is C14H6F9NO. The van der Waals surface area contributed by atoms with Gasteiger partial charge in [-0.05, 0) is 30.3 Å². The maximum absolute atomic E-state index is 13.1. The quantitative estimate of drug-likeness (QED) is 0.630. The van der Waals surface area contributed by atoms with Crippen molar-refractivity contribution in [2.24, 2.45) is 0 Å². The molecule has 0 aliphatic carbocycles. The smallest absolute Gasteiger partial charge is 0.406 e. The lowest BCUT2D eigenvalue weighted by Gasteiger charge is -2.18. The molecule has 1 heterocycles. The Morgan fingerprint density at radius 2 is 1.28 bits per heavy atom. The van der Waals surface area contributed by atoms with Crippen LogP contribution >= 0.6 is 0 Å². The molecule has 0 amide bonds. The van der Waals surface area contributed by atoms with Crippen molar-refractivity contribution < 1.29 is 44.3 Å². The molecule has 0 N–H and O–H groups in total. The molecule has 2 rings (SSSR count). The minimum Gasteiger partial charge on any atom is -0.406 e. The summed E-state index contributed by atoms with van der Waals surface area (Å²) >= 11 is 0. The summed E-state index contributed by atoms with van der Waals surface area (Å²) in [6.45, 7) is 0. The van der Waals surface area contributed by atoms with Crippen LogP contribution in [0.2, 0.25) is 0 Å². The largest absolute Gasteiger partial charge is 0.573 e. The molecule has 1 aromatic heterocycles. The van der Waals surface area contributed by atoms with E-state index < -0.39 is 46.8 Å². The van der Waals surface area contributed by atoms with E-state index in [0.29, 0.717) is 18.3 Å². The van der Waals surface area contributed by atoms with E-state index in [2.05, 4.69) is 9.72 Å². The molecule has 0 bridgehead atoms. The molecule has 2 nitrogen and oxygen atoms in total. The Morgan fingerprint density at radius 1 is 0.720 bits per heavy atom. The number of rotatable bonds is 2. The Labute approximate surface area is 133 Å². The zero-order chi connectivity index (χ0) is 19.0. The van der Waals surface area contributed by atoms with E-state index in [1.165, 1.54) is 0 Å². The van der Waals surface area contributed by atoms with Gasteiger partial charge in [0.2, 0.25) is 0 Å². The number of nitrogens with zero attached hydrogens (tertiary/aromatic N) is 1. The molecular weight excluding hydrogens is 369 g/mol. The standard InChI is InChI=1S/C14H6F9NO/c15-12(16,17)9-5-6-24-11(10(9)13(18,19)20)7-1-3-8(4-2-7)25-14(21,22)23/h1-6H. The summed E-state index contributed by atoms with van der Waals surface area (Å²) in [6, 6.07) is 3.01. The van der Waals surface area contributed by atoms with Crippen LogP contribution in [0, 0.1) is 0 Å². The van der Waals surface area contributed by atoms with Gasteiger partial charge < -0.3 is 4.74 Å². The lowest BCUT2D eigenvalue weighted by Crippen LogP contribution is -2.18. The molecule has 0 aliphatic heterocycles. The lowest BCUT2D eigenvalue weighted by molar-refractivity contribution is -0.274. The van der Waals surface area contributed by atoms with Crippen molar-refractivity contribution in [1.29, 1.82) is 0 Å². The SMILES string of the molecule is FC(F)(F)Oc1ccc(-c2nccc(C(F)(F)F)c2C(F)(F)F)cc1. The Hall–Kier alpha value is -2.46. The van der Waals surface area contributed by atoms with Crippen LogP contribution in [0.1, 0.15) is 11.1 Å². The summed E-state index contributed by atoms with van der Waals surface area (Å²) < 4.78 is 118. The summed E-state index contributed by atoms with van der Waals surface area (Å²) in [6.07, 6.45) is -15.2. The first-order chi connectivity index (χ1) is 11.3. The number of hydrogen-bond donors (Lipinski definition) is 0. The first kappa shape index (κ1) is 18.9. The van der Waals surface area contributed by atoms with Crippen LogP contribution in [0.5, 0.6) is 5.75 Å². The Morgan fingerprint density at radius 3 is 1.72 bits per heavy atom. The second-order valence-electron chi connectivity index (χ2n) is 4.65. The van der Waals surface area contributed by atoms with E-state index in [4.69, 9.17) is 0 Å². The van der Waals surface area contributed by atoms with Crippen LogP contribution in [-0.4, -0.2) is 11.3 Å². The van der Waals surface area contributed by atoms with Crippen molar-refractivity contribution in [2.75, 3.05) is 0 Å². The lowest BCUT2D eigenvalue weighted by atomic mass is 10.00. The topological polar surface area (TPSA) is 22.1 Å². The highest BCUT2D eigenvalue weighted by Crippen LogP contribution is 2.44. The van der Waals surface area contributed by atoms with E-state index in [0.717, 1.165) is 12.1 Å². The van der Waals surface area contributed by atoms with Crippen molar-refractivity contribution in [3.63, 3.8) is 0 Å². The van der Waals surface area contributed by atoms with Crippen LogP contribution in [-0.2, 0) is 12.4 Å². The zero-order valence-electron chi connectivity index (χ0n) is 11.7. The zero-order valence-corrected chi connectivity index (χ0v) is 11.7. The predicted molar refractivity (Wildman–Crippen MR) is 66.4 cm³/mol. The van der Waals surface area contributed by atoms with E-state index in [1.54, 1.807) is 0 Å². The molecule has 1 aromatic carbocycles. The molecule has 0 saturated heterocycles. The van der Waals surface area contributed by atoms with Crippen molar-refractivity contribution in [1.82, 2.24) is 4.98 Å². The average molecular weight is 375 g/mol. The molecule has 0 radical (unpaired) electrons. The highest BCUT2D eigenvalue weighted by atomic mass is 19.4. The normalized spacial score (nSPS) is 13.0. The van der Waals surface area contributed by atoms with Crippen LogP contribution in [0.15, 0.2) is 36.5 Å². The first-order valence-corrected chi connectivity index (χ1v) is 6.28. The van der Waals surface area contributed by atoms with Crippen molar-refractivity contribution >= 4 is 0 Å². The molecule has 136 valence electrons. The van der Waals surface area contributed by atoms with Gasteiger partial charge in [-0.15, -0.1) is 13.2 Å². The Bertz CT molecular complexity index is 745. The van der Waals surface area contributed by atoms with E-state index in [-0.39, 0.29) is 6.07 Å². The second-order valence-corrected chi connectivity index (χ2v) is 4.65. The van der Waals surface area contributed by atoms with Gasteiger partial charge in [0.05, 0.1) is 16.8 Å². The van der Waals surface area contributed by atoms with Gasteiger partial charge in [0, 0.05) is 11.8 Å². The maximum Gasteiger partial charge on any atom is 0.573 e. The molecule has 0 saturated carbocycles. The van der Waals surface area contributed by atoms with Gasteiger partial charge in [0.1, 0.15) is 5.75 Å². The van der Waals surface area contributed by atoms with Gasteiger partial charge in [0.15, 0.2) is 0 Å². The molecule has 0 unspecified atom stereocenters. The van der Waals surface area contributed by atoms with Crippen LogP contribution in [0.3, 0.4) is 0 Å². The van der Waals surface area contributed by atoms with Gasteiger partial charge in [-0.1, -0.05) is 0 Å². The second kappa shape index (κ2) is 6.12. The number of ether oxygens (including phenoxy) is 1. The summed E-state index contributed by atoms with van der Waals surface area (Å²) in [5.41, 5.74) is -5.47. The molecule has 0 spiro atoms. The third kappa shape index (κ3) is 4.54. The summed E-state index contributed by atoms with van der Waals surface area (Å²) in [4.78, 5) is 3.31. The monoisotopic (exact) mass is 375 g/mol. The van der Waals surface area contributed by atoms with Crippen LogP contribution in [0.25, 0.3) is 11.3 Å². The summed E-state index contributed by atoms with van der Waals surface area (Å²) in [5.74, 6) is -0.739. The van der Waals surface area contributed by atoms with Crippen molar-refractivity contribution in [3.8, 4) is 17.0 Å². The summed E-state index contributed by atoms with van der Waals surface area (Å²) in [7, 11) is 0. The molecule has 25 heavy (non-hydrogen) atoms. The minimum absolute atomic E-state index is 0.174. The fraction of sp³-hybridized carbons (Fsp3) is 0.214. The maximum atomic E-state index is 13.1. The van der Waals surface area contributed by atoms with Gasteiger partial charge in [-0.25, -0.2) is 0 Å². The third-order valence-corrected chi connectivity index (χ3v) is 2.90. The van der Waals surface area contributed by atoms with E-state index in [9.17, 15) is 39.5 Å². The number of pyridine rings is 1. The van der Waals surface area contributed by atoms with Gasteiger partial charge in [-0.2, -0.15) is 26.3 Å². The number of alkyl halides is 9. The molecule has 0 atom stereocenters. The van der Waals surface area contributed by atoms with Gasteiger partial charge in [0.25, 0.3) is 0 Å². The minimum atomic E-state index is -5.38. The van der Waals surface area contributed by atoms with E-state index >= 15 is 0 Å². The average Bonchev–Trinajstić information content (AvgIpc) is 2.44. The predicted octanol–water partition coefficient (Wildman–Crippen LogP) is 5.68. The molecule has 0 fully saturated rings. The number of benzene rings is 1. The number of aromatic nitrogens is 1.